The van der Waals surface area contributed by atoms with E-state index in [1.54, 1.807) is 0 Å². The van der Waals surface area contributed by atoms with Crippen LogP contribution in [-0.4, -0.2) is 11.9 Å². The molecule has 1 saturated carbocycles. The minimum Gasteiger partial charge on any atom is -0.349 e. The van der Waals surface area contributed by atoms with Gasteiger partial charge in [0.2, 0.25) is 0 Å². The number of benzene rings is 1. The molecule has 0 aliphatic heterocycles. The van der Waals surface area contributed by atoms with Gasteiger partial charge in [0.1, 0.15) is 0 Å². The first-order chi connectivity index (χ1) is 9.19. The number of nitrogens with one attached hydrogen (secondary N) is 1. The van der Waals surface area contributed by atoms with Crippen LogP contribution >= 0.6 is 11.6 Å². The number of carbonyl (C=O) groups excluding carboxylic acids is 1. The van der Waals surface area contributed by atoms with Gasteiger partial charge in [0.05, 0.1) is 0 Å². The number of hydrogen-bond acceptors (Lipinski definition) is 1. The summed E-state index contributed by atoms with van der Waals surface area (Å²) in [6, 6.07) is 7.87. The number of alkyl halides is 1. The zero-order chi connectivity index (χ0) is 13.7. The molecule has 2 atom stereocenters. The minimum atomic E-state index is 0.0423. The van der Waals surface area contributed by atoms with Crippen molar-refractivity contribution in [3.8, 4) is 0 Å². The number of amides is 1. The van der Waals surface area contributed by atoms with E-state index in [1.807, 2.05) is 24.3 Å². The molecule has 0 spiro atoms. The Morgan fingerprint density at radius 1 is 1.21 bits per heavy atom. The highest BCUT2D eigenvalue weighted by Crippen LogP contribution is 2.22. The third-order valence-corrected chi connectivity index (χ3v) is 4.27. The van der Waals surface area contributed by atoms with Crippen molar-refractivity contribution in [2.45, 2.75) is 50.9 Å². The van der Waals surface area contributed by atoms with E-state index in [9.17, 15) is 4.79 Å². The highest BCUT2D eigenvalue weighted by Gasteiger charge is 2.18. The Kier molecular flexibility index (Phi) is 5.26. The normalized spacial score (nSPS) is 23.7. The summed E-state index contributed by atoms with van der Waals surface area (Å²) in [5.74, 6) is 1.33. The summed E-state index contributed by atoms with van der Waals surface area (Å²) in [4.78, 5) is 12.2. The maximum Gasteiger partial charge on any atom is 0.251 e. The third-order valence-electron chi connectivity index (χ3n) is 3.96. The Hall–Kier alpha value is -1.02. The summed E-state index contributed by atoms with van der Waals surface area (Å²) in [5, 5.41) is 3.16. The molecule has 104 valence electrons. The smallest absolute Gasteiger partial charge is 0.251 e. The zero-order valence-corrected chi connectivity index (χ0v) is 12.2. The summed E-state index contributed by atoms with van der Waals surface area (Å²) in [5.41, 5.74) is 1.77. The van der Waals surface area contributed by atoms with Crippen molar-refractivity contribution < 1.29 is 4.79 Å². The molecule has 0 bridgehead atoms. The Balaban J connectivity index is 1.92. The van der Waals surface area contributed by atoms with Gasteiger partial charge in [-0.25, -0.2) is 0 Å². The lowest BCUT2D eigenvalue weighted by molar-refractivity contribution is 0.0933. The average Bonchev–Trinajstić information content (AvgIpc) is 2.64. The van der Waals surface area contributed by atoms with E-state index in [4.69, 9.17) is 11.6 Å². The Bertz CT molecular complexity index is 415. The maximum absolute atomic E-state index is 12.2. The van der Waals surface area contributed by atoms with E-state index in [-0.39, 0.29) is 5.91 Å². The SMILES string of the molecule is CC1CCCC(NC(=O)c2ccc(CCl)cc2)CC1. The molecule has 1 N–H and O–H groups in total. The van der Waals surface area contributed by atoms with E-state index in [0.29, 0.717) is 11.9 Å². The van der Waals surface area contributed by atoms with Gasteiger partial charge >= 0.3 is 0 Å². The molecule has 1 aromatic rings. The largest absolute Gasteiger partial charge is 0.349 e. The molecule has 2 unspecified atom stereocenters. The van der Waals surface area contributed by atoms with Crippen LogP contribution in [0.3, 0.4) is 0 Å². The van der Waals surface area contributed by atoms with Crippen LogP contribution in [0.25, 0.3) is 0 Å². The van der Waals surface area contributed by atoms with Crippen molar-refractivity contribution in [3.05, 3.63) is 35.4 Å². The van der Waals surface area contributed by atoms with Crippen LogP contribution in [0.2, 0.25) is 0 Å². The second-order valence-corrected chi connectivity index (χ2v) is 5.88. The van der Waals surface area contributed by atoms with Gasteiger partial charge in [-0.15, -0.1) is 11.6 Å². The Labute approximate surface area is 120 Å². The first-order valence-electron chi connectivity index (χ1n) is 7.15. The average molecular weight is 280 g/mol. The van der Waals surface area contributed by atoms with Crippen LogP contribution in [0.1, 0.15) is 54.9 Å². The highest BCUT2D eigenvalue weighted by molar-refractivity contribution is 6.17. The molecule has 19 heavy (non-hydrogen) atoms. The number of halogens is 1. The maximum atomic E-state index is 12.2. The molecule has 0 heterocycles. The Morgan fingerprint density at radius 3 is 2.63 bits per heavy atom. The van der Waals surface area contributed by atoms with Crippen LogP contribution in [0, 0.1) is 5.92 Å². The first kappa shape index (κ1) is 14.4. The first-order valence-corrected chi connectivity index (χ1v) is 7.68. The van der Waals surface area contributed by atoms with Crippen LogP contribution in [0.5, 0.6) is 0 Å². The van der Waals surface area contributed by atoms with Crippen molar-refractivity contribution in [2.75, 3.05) is 0 Å². The molecule has 0 aromatic heterocycles. The highest BCUT2D eigenvalue weighted by atomic mass is 35.5. The molecule has 1 aliphatic rings. The van der Waals surface area contributed by atoms with Crippen molar-refractivity contribution in [1.82, 2.24) is 5.32 Å². The zero-order valence-electron chi connectivity index (χ0n) is 11.5. The predicted octanol–water partition coefficient (Wildman–Crippen LogP) is 4.12. The summed E-state index contributed by atoms with van der Waals surface area (Å²) in [6.07, 6.45) is 5.94. The molecular formula is C16H22ClNO. The summed E-state index contributed by atoms with van der Waals surface area (Å²) < 4.78 is 0. The molecule has 0 radical (unpaired) electrons. The van der Waals surface area contributed by atoms with E-state index >= 15 is 0 Å². The van der Waals surface area contributed by atoms with Crippen molar-refractivity contribution in [2.24, 2.45) is 5.92 Å². The number of rotatable bonds is 3. The van der Waals surface area contributed by atoms with Crippen molar-refractivity contribution in [3.63, 3.8) is 0 Å². The van der Waals surface area contributed by atoms with E-state index in [0.717, 1.165) is 29.9 Å². The van der Waals surface area contributed by atoms with Gasteiger partial charge in [0.15, 0.2) is 0 Å². The molecule has 1 fully saturated rings. The van der Waals surface area contributed by atoms with Crippen LogP contribution in [0.15, 0.2) is 24.3 Å². The quantitative estimate of drug-likeness (QED) is 0.654. The molecule has 1 aromatic carbocycles. The van der Waals surface area contributed by atoms with Gasteiger partial charge in [-0.3, -0.25) is 4.79 Å². The molecule has 1 amide bonds. The number of hydrogen-bond donors (Lipinski definition) is 1. The van der Waals surface area contributed by atoms with Gasteiger partial charge in [0.25, 0.3) is 5.91 Å². The van der Waals surface area contributed by atoms with Gasteiger partial charge in [-0.1, -0.05) is 31.9 Å². The van der Waals surface area contributed by atoms with E-state index < -0.39 is 0 Å². The fourth-order valence-electron chi connectivity index (χ4n) is 2.65. The van der Waals surface area contributed by atoms with Crippen LogP contribution in [-0.2, 0) is 5.88 Å². The lowest BCUT2D eigenvalue weighted by Crippen LogP contribution is -2.34. The third kappa shape index (κ3) is 4.24. The molecule has 2 rings (SSSR count). The lowest BCUT2D eigenvalue weighted by atomic mass is 10.0. The van der Waals surface area contributed by atoms with Gasteiger partial charge in [0, 0.05) is 17.5 Å². The minimum absolute atomic E-state index is 0.0423. The molecule has 3 heteroatoms. The molecule has 0 saturated heterocycles. The Morgan fingerprint density at radius 2 is 1.95 bits per heavy atom. The standard InChI is InChI=1S/C16H22ClNO/c1-12-3-2-4-15(10-5-12)18-16(19)14-8-6-13(11-17)7-9-14/h6-9,12,15H,2-5,10-11H2,1H3,(H,18,19). The monoisotopic (exact) mass is 279 g/mol. The van der Waals surface area contributed by atoms with Gasteiger partial charge < -0.3 is 5.32 Å². The molecular weight excluding hydrogens is 258 g/mol. The van der Waals surface area contributed by atoms with Gasteiger partial charge in [-0.05, 0) is 42.9 Å². The van der Waals surface area contributed by atoms with Crippen LogP contribution < -0.4 is 5.32 Å². The molecule has 2 nitrogen and oxygen atoms in total. The van der Waals surface area contributed by atoms with Crippen molar-refractivity contribution in [1.29, 1.82) is 0 Å². The van der Waals surface area contributed by atoms with Crippen molar-refractivity contribution >= 4 is 17.5 Å². The second-order valence-electron chi connectivity index (χ2n) is 5.61. The summed E-state index contributed by atoms with van der Waals surface area (Å²) in [6.45, 7) is 2.30. The van der Waals surface area contributed by atoms with Crippen LogP contribution in [0.4, 0.5) is 0 Å². The van der Waals surface area contributed by atoms with Gasteiger partial charge in [-0.2, -0.15) is 0 Å². The topological polar surface area (TPSA) is 29.1 Å². The summed E-state index contributed by atoms with van der Waals surface area (Å²) >= 11 is 5.75. The fourth-order valence-corrected chi connectivity index (χ4v) is 2.82. The lowest BCUT2D eigenvalue weighted by Gasteiger charge is -2.16. The second kappa shape index (κ2) is 6.95. The van der Waals surface area contributed by atoms with E-state index in [2.05, 4.69) is 12.2 Å². The summed E-state index contributed by atoms with van der Waals surface area (Å²) in [7, 11) is 0. The number of carbonyl (C=O) groups is 1. The van der Waals surface area contributed by atoms with E-state index in [1.165, 1.54) is 19.3 Å². The molecule has 1 aliphatic carbocycles. The predicted molar refractivity (Wildman–Crippen MR) is 79.5 cm³/mol. The fraction of sp³-hybridized carbons (Fsp3) is 0.562.